The standard InChI is InChI=1S/C22H38N4O2.HI/c1-4-23-22(25-18-21-12-8-14-26(21)15-17-27-3)24-13-9-16-28-19(2)20-10-6-5-7-11-20;/h5-7,10-11,19,21H,4,8-9,12-18H2,1-3H3,(H2,23,24,25);1H. The SMILES string of the molecule is CCNC(=NCC1CCCN1CCOC)NCCCOC(C)c1ccccc1.I. The molecule has 7 heteroatoms. The van der Waals surface area contributed by atoms with Crippen LogP contribution < -0.4 is 10.6 Å². The number of hydrogen-bond acceptors (Lipinski definition) is 4. The smallest absolute Gasteiger partial charge is 0.191 e. The highest BCUT2D eigenvalue weighted by atomic mass is 127. The minimum absolute atomic E-state index is 0. The van der Waals surface area contributed by atoms with E-state index >= 15 is 0 Å². The number of guanidine groups is 1. The Morgan fingerprint density at radius 2 is 2.03 bits per heavy atom. The highest BCUT2D eigenvalue weighted by Crippen LogP contribution is 2.17. The van der Waals surface area contributed by atoms with Gasteiger partial charge in [0.05, 0.1) is 19.3 Å². The fourth-order valence-corrected chi connectivity index (χ4v) is 3.50. The Morgan fingerprint density at radius 1 is 1.24 bits per heavy atom. The number of benzene rings is 1. The van der Waals surface area contributed by atoms with Gasteiger partial charge < -0.3 is 20.1 Å². The van der Waals surface area contributed by atoms with Crippen molar-refractivity contribution < 1.29 is 9.47 Å². The normalized spacial score (nSPS) is 18.3. The number of nitrogens with zero attached hydrogens (tertiary/aromatic N) is 2. The summed E-state index contributed by atoms with van der Waals surface area (Å²) < 4.78 is 11.2. The lowest BCUT2D eigenvalue weighted by molar-refractivity contribution is 0.0646. The monoisotopic (exact) mass is 518 g/mol. The van der Waals surface area contributed by atoms with E-state index in [9.17, 15) is 0 Å². The van der Waals surface area contributed by atoms with Gasteiger partial charge in [-0.1, -0.05) is 30.3 Å². The van der Waals surface area contributed by atoms with E-state index in [0.717, 1.165) is 58.3 Å². The summed E-state index contributed by atoms with van der Waals surface area (Å²) in [5, 5.41) is 6.78. The Hall–Kier alpha value is -0.900. The van der Waals surface area contributed by atoms with E-state index in [1.165, 1.54) is 18.4 Å². The molecule has 0 radical (unpaired) electrons. The van der Waals surface area contributed by atoms with Crippen LogP contribution in [-0.2, 0) is 9.47 Å². The van der Waals surface area contributed by atoms with Crippen LogP contribution in [0, 0.1) is 0 Å². The summed E-state index contributed by atoms with van der Waals surface area (Å²) >= 11 is 0. The van der Waals surface area contributed by atoms with Crippen molar-refractivity contribution >= 4 is 29.9 Å². The summed E-state index contributed by atoms with van der Waals surface area (Å²) in [4.78, 5) is 7.30. The van der Waals surface area contributed by atoms with Gasteiger partial charge in [-0.15, -0.1) is 24.0 Å². The molecule has 0 aliphatic carbocycles. The predicted octanol–water partition coefficient (Wildman–Crippen LogP) is 3.44. The molecular weight excluding hydrogens is 479 g/mol. The summed E-state index contributed by atoms with van der Waals surface area (Å²) in [7, 11) is 1.76. The number of aliphatic imine (C=N–C) groups is 1. The largest absolute Gasteiger partial charge is 0.383 e. The van der Waals surface area contributed by atoms with Gasteiger partial charge in [0, 0.05) is 39.4 Å². The van der Waals surface area contributed by atoms with Crippen LogP contribution in [0.15, 0.2) is 35.3 Å². The molecule has 1 heterocycles. The van der Waals surface area contributed by atoms with Gasteiger partial charge >= 0.3 is 0 Å². The third-order valence-electron chi connectivity index (χ3n) is 5.14. The highest BCUT2D eigenvalue weighted by Gasteiger charge is 2.23. The second kappa shape index (κ2) is 15.9. The lowest BCUT2D eigenvalue weighted by atomic mass is 10.1. The molecule has 0 bridgehead atoms. The van der Waals surface area contributed by atoms with Crippen LogP contribution in [-0.4, -0.2) is 69.9 Å². The molecule has 166 valence electrons. The Morgan fingerprint density at radius 3 is 2.76 bits per heavy atom. The Bertz CT molecular complexity index is 559. The zero-order valence-electron chi connectivity index (χ0n) is 18.2. The van der Waals surface area contributed by atoms with E-state index in [0.29, 0.717) is 6.04 Å². The quantitative estimate of drug-likeness (QED) is 0.192. The van der Waals surface area contributed by atoms with Crippen molar-refractivity contribution in [2.45, 2.75) is 45.3 Å². The van der Waals surface area contributed by atoms with E-state index in [2.05, 4.69) is 53.6 Å². The zero-order valence-corrected chi connectivity index (χ0v) is 20.6. The van der Waals surface area contributed by atoms with Crippen molar-refractivity contribution in [3.05, 3.63) is 35.9 Å². The molecular formula is C22H39IN4O2. The van der Waals surface area contributed by atoms with Crippen molar-refractivity contribution in [2.75, 3.05) is 53.0 Å². The fourth-order valence-electron chi connectivity index (χ4n) is 3.50. The number of hydrogen-bond donors (Lipinski definition) is 2. The van der Waals surface area contributed by atoms with E-state index in [4.69, 9.17) is 14.5 Å². The Balaban J connectivity index is 0.00000420. The molecule has 1 aromatic rings. The van der Waals surface area contributed by atoms with Gasteiger partial charge in [-0.05, 0) is 45.2 Å². The Labute approximate surface area is 193 Å². The van der Waals surface area contributed by atoms with Gasteiger partial charge in [0.1, 0.15) is 0 Å². The summed E-state index contributed by atoms with van der Waals surface area (Å²) in [6.07, 6.45) is 3.55. The van der Waals surface area contributed by atoms with Gasteiger partial charge in [0.2, 0.25) is 0 Å². The molecule has 2 N–H and O–H groups in total. The van der Waals surface area contributed by atoms with Crippen molar-refractivity contribution in [3.8, 4) is 0 Å². The van der Waals surface area contributed by atoms with E-state index in [1.54, 1.807) is 7.11 Å². The number of likely N-dealkylation sites (tertiary alicyclic amines) is 1. The number of ether oxygens (including phenoxy) is 2. The molecule has 1 aliphatic rings. The van der Waals surface area contributed by atoms with E-state index in [-0.39, 0.29) is 30.1 Å². The molecule has 2 atom stereocenters. The van der Waals surface area contributed by atoms with Gasteiger partial charge in [0.15, 0.2) is 5.96 Å². The molecule has 6 nitrogen and oxygen atoms in total. The van der Waals surface area contributed by atoms with Crippen molar-refractivity contribution in [2.24, 2.45) is 4.99 Å². The van der Waals surface area contributed by atoms with Crippen LogP contribution in [0.4, 0.5) is 0 Å². The van der Waals surface area contributed by atoms with Gasteiger partial charge in [-0.3, -0.25) is 9.89 Å². The van der Waals surface area contributed by atoms with E-state index < -0.39 is 0 Å². The predicted molar refractivity (Wildman–Crippen MR) is 131 cm³/mol. The third kappa shape index (κ3) is 10.1. The fraction of sp³-hybridized carbons (Fsp3) is 0.682. The maximum Gasteiger partial charge on any atom is 0.191 e. The first kappa shape index (κ1) is 26.1. The molecule has 2 unspecified atom stereocenters. The molecule has 1 saturated heterocycles. The second-order valence-electron chi connectivity index (χ2n) is 7.25. The average molecular weight is 518 g/mol. The topological polar surface area (TPSA) is 58.1 Å². The first-order chi connectivity index (χ1) is 13.7. The number of nitrogens with one attached hydrogen (secondary N) is 2. The minimum Gasteiger partial charge on any atom is -0.383 e. The maximum atomic E-state index is 5.94. The molecule has 1 fully saturated rings. The van der Waals surface area contributed by atoms with Crippen LogP contribution >= 0.6 is 24.0 Å². The highest BCUT2D eigenvalue weighted by molar-refractivity contribution is 14.0. The zero-order chi connectivity index (χ0) is 20.0. The lowest BCUT2D eigenvalue weighted by Crippen LogP contribution is -2.40. The number of methoxy groups -OCH3 is 1. The van der Waals surface area contributed by atoms with Gasteiger partial charge in [0.25, 0.3) is 0 Å². The first-order valence-electron chi connectivity index (χ1n) is 10.7. The number of rotatable bonds is 12. The molecule has 1 aromatic carbocycles. The van der Waals surface area contributed by atoms with Crippen LogP contribution in [0.5, 0.6) is 0 Å². The summed E-state index contributed by atoms with van der Waals surface area (Å²) in [6.45, 7) is 10.4. The van der Waals surface area contributed by atoms with Crippen LogP contribution in [0.2, 0.25) is 0 Å². The molecule has 0 aromatic heterocycles. The third-order valence-corrected chi connectivity index (χ3v) is 5.14. The Kier molecular flexibility index (Phi) is 14.3. The van der Waals surface area contributed by atoms with Crippen molar-refractivity contribution in [1.29, 1.82) is 0 Å². The molecule has 1 aliphatic heterocycles. The summed E-state index contributed by atoms with van der Waals surface area (Å²) in [5.74, 6) is 0.900. The van der Waals surface area contributed by atoms with Crippen molar-refractivity contribution in [3.63, 3.8) is 0 Å². The minimum atomic E-state index is 0. The molecule has 0 spiro atoms. The first-order valence-corrected chi connectivity index (χ1v) is 10.7. The van der Waals surface area contributed by atoms with Crippen LogP contribution in [0.25, 0.3) is 0 Å². The average Bonchev–Trinajstić information content (AvgIpc) is 3.17. The van der Waals surface area contributed by atoms with Crippen LogP contribution in [0.1, 0.15) is 44.8 Å². The second-order valence-corrected chi connectivity index (χ2v) is 7.25. The summed E-state index contributed by atoms with van der Waals surface area (Å²) in [5.41, 5.74) is 1.22. The molecule has 0 saturated carbocycles. The molecule has 29 heavy (non-hydrogen) atoms. The number of halogens is 1. The maximum absolute atomic E-state index is 5.94. The van der Waals surface area contributed by atoms with Gasteiger partial charge in [-0.25, -0.2) is 0 Å². The van der Waals surface area contributed by atoms with Gasteiger partial charge in [-0.2, -0.15) is 0 Å². The van der Waals surface area contributed by atoms with Crippen LogP contribution in [0.3, 0.4) is 0 Å². The summed E-state index contributed by atoms with van der Waals surface area (Å²) in [6, 6.07) is 10.9. The van der Waals surface area contributed by atoms with Crippen molar-refractivity contribution in [1.82, 2.24) is 15.5 Å². The van der Waals surface area contributed by atoms with E-state index in [1.807, 2.05) is 6.07 Å². The molecule has 2 rings (SSSR count). The lowest BCUT2D eigenvalue weighted by Gasteiger charge is -2.23. The molecule has 0 amide bonds.